The van der Waals surface area contributed by atoms with Gasteiger partial charge >= 0.3 is 5.97 Å². The molecule has 1 aromatic heterocycles. The number of nitrogens with zero attached hydrogens (tertiary/aromatic N) is 1. The molecule has 9 heteroatoms. The van der Waals surface area contributed by atoms with E-state index in [1.165, 1.54) is 28.4 Å². The van der Waals surface area contributed by atoms with Gasteiger partial charge in [0.1, 0.15) is 10.4 Å². The van der Waals surface area contributed by atoms with E-state index in [0.717, 1.165) is 16.6 Å². The molecule has 1 fully saturated rings. The van der Waals surface area contributed by atoms with Crippen LogP contribution in [0.2, 0.25) is 0 Å². The number of para-hydroxylation sites is 1. The third-order valence-corrected chi connectivity index (χ3v) is 5.97. The van der Waals surface area contributed by atoms with Crippen LogP contribution in [0.5, 0.6) is 0 Å². The first kappa shape index (κ1) is 19.3. The number of carboxylic acid groups (broad SMARTS) is 1. The summed E-state index contributed by atoms with van der Waals surface area (Å²) in [6, 6.07) is 8.97. The smallest absolute Gasteiger partial charge is 0.337 e. The molecule has 27 heavy (non-hydrogen) atoms. The summed E-state index contributed by atoms with van der Waals surface area (Å²) in [5, 5.41) is 13.7. The van der Waals surface area contributed by atoms with Crippen LogP contribution >= 0.6 is 35.3 Å². The Morgan fingerprint density at radius 1 is 1.26 bits per heavy atom. The largest absolute Gasteiger partial charge is 0.478 e. The number of thiocarbonyl (C=S) groups is 1. The van der Waals surface area contributed by atoms with Crippen molar-refractivity contribution in [3.8, 4) is 0 Å². The second-order valence-corrected chi connectivity index (χ2v) is 8.24. The summed E-state index contributed by atoms with van der Waals surface area (Å²) in [6.45, 7) is 1.55. The Bertz CT molecular complexity index is 953. The quantitative estimate of drug-likeness (QED) is 0.569. The van der Waals surface area contributed by atoms with Gasteiger partial charge in [0.25, 0.3) is 5.91 Å². The van der Waals surface area contributed by atoms with E-state index in [4.69, 9.17) is 12.2 Å². The highest BCUT2D eigenvalue weighted by Gasteiger charge is 2.38. The van der Waals surface area contributed by atoms with E-state index in [2.05, 4.69) is 5.32 Å². The fourth-order valence-electron chi connectivity index (χ4n) is 2.45. The van der Waals surface area contributed by atoms with Crippen LogP contribution in [0.15, 0.2) is 46.7 Å². The molecule has 138 valence electrons. The molecule has 3 rings (SSSR count). The number of aromatic carboxylic acids is 1. The SMILES string of the molecule is CC(C(=O)Nc1ccccc1C(=O)O)N1C(=O)C(=Cc2cccs2)SC1=S. The Morgan fingerprint density at radius 2 is 2.00 bits per heavy atom. The van der Waals surface area contributed by atoms with Crippen LogP contribution < -0.4 is 5.32 Å². The maximum absolute atomic E-state index is 12.7. The lowest BCUT2D eigenvalue weighted by Gasteiger charge is -2.22. The highest BCUT2D eigenvalue weighted by atomic mass is 32.2. The zero-order valence-electron chi connectivity index (χ0n) is 14.0. The fourth-order valence-corrected chi connectivity index (χ4v) is 4.59. The first-order valence-electron chi connectivity index (χ1n) is 7.82. The lowest BCUT2D eigenvalue weighted by molar-refractivity contribution is -0.129. The van der Waals surface area contributed by atoms with Crippen molar-refractivity contribution in [3.05, 3.63) is 57.1 Å². The van der Waals surface area contributed by atoms with Crippen LogP contribution in [0.4, 0.5) is 5.69 Å². The number of hydrogen-bond acceptors (Lipinski definition) is 6. The predicted molar refractivity (Wildman–Crippen MR) is 111 cm³/mol. The number of carbonyl (C=O) groups excluding carboxylic acids is 2. The molecular formula is C18H14N2O4S3. The zero-order chi connectivity index (χ0) is 19.6. The third-order valence-electron chi connectivity index (χ3n) is 3.82. The summed E-state index contributed by atoms with van der Waals surface area (Å²) < 4.78 is 0.289. The molecule has 0 saturated carbocycles. The van der Waals surface area contributed by atoms with Crippen LogP contribution in [0.3, 0.4) is 0 Å². The normalized spacial score (nSPS) is 16.6. The minimum absolute atomic E-state index is 0.0268. The number of benzene rings is 1. The van der Waals surface area contributed by atoms with Crippen molar-refractivity contribution in [2.45, 2.75) is 13.0 Å². The van der Waals surface area contributed by atoms with E-state index in [1.54, 1.807) is 25.1 Å². The van der Waals surface area contributed by atoms with Gasteiger partial charge in [0.2, 0.25) is 5.91 Å². The van der Waals surface area contributed by atoms with Gasteiger partial charge in [0.15, 0.2) is 0 Å². The van der Waals surface area contributed by atoms with E-state index in [0.29, 0.717) is 4.91 Å². The first-order valence-corrected chi connectivity index (χ1v) is 9.92. The number of nitrogens with one attached hydrogen (secondary N) is 1. The molecule has 1 saturated heterocycles. The van der Waals surface area contributed by atoms with Crippen molar-refractivity contribution in [3.63, 3.8) is 0 Å². The van der Waals surface area contributed by atoms with Crippen LogP contribution in [0, 0.1) is 0 Å². The summed E-state index contributed by atoms with van der Waals surface area (Å²) >= 11 is 7.91. The highest BCUT2D eigenvalue weighted by Crippen LogP contribution is 2.34. The summed E-state index contributed by atoms with van der Waals surface area (Å²) in [5.74, 6) is -2.01. The molecule has 0 bridgehead atoms. The topological polar surface area (TPSA) is 86.7 Å². The van der Waals surface area contributed by atoms with E-state index in [9.17, 15) is 19.5 Å². The minimum Gasteiger partial charge on any atom is -0.478 e. The van der Waals surface area contributed by atoms with Gasteiger partial charge in [-0.1, -0.05) is 42.2 Å². The standard InChI is InChI=1S/C18H14N2O4S3/c1-10(15(21)19-13-7-3-2-6-12(13)17(23)24)20-16(22)14(27-18(20)25)9-11-5-4-8-26-11/h2-10H,1H3,(H,19,21)(H,23,24). The lowest BCUT2D eigenvalue weighted by Crippen LogP contribution is -2.44. The predicted octanol–water partition coefficient (Wildman–Crippen LogP) is 3.67. The molecule has 1 aliphatic rings. The van der Waals surface area contributed by atoms with Gasteiger partial charge < -0.3 is 10.4 Å². The number of thioether (sulfide) groups is 1. The lowest BCUT2D eigenvalue weighted by atomic mass is 10.1. The van der Waals surface area contributed by atoms with Gasteiger partial charge in [-0.15, -0.1) is 11.3 Å². The number of hydrogen-bond donors (Lipinski definition) is 2. The molecule has 2 heterocycles. The molecule has 0 radical (unpaired) electrons. The van der Waals surface area contributed by atoms with Crippen LogP contribution in [-0.2, 0) is 9.59 Å². The number of carbonyl (C=O) groups is 3. The van der Waals surface area contributed by atoms with Crippen molar-refractivity contribution in [2.75, 3.05) is 5.32 Å². The molecule has 1 aliphatic heterocycles. The van der Waals surface area contributed by atoms with Gasteiger partial charge in [-0.2, -0.15) is 0 Å². The first-order chi connectivity index (χ1) is 12.9. The molecular weight excluding hydrogens is 404 g/mol. The molecule has 0 aliphatic carbocycles. The summed E-state index contributed by atoms with van der Waals surface area (Å²) in [4.78, 5) is 39.2. The van der Waals surface area contributed by atoms with Gasteiger partial charge in [-0.05, 0) is 36.6 Å². The Kier molecular flexibility index (Phi) is 5.73. The minimum atomic E-state index is -1.15. The zero-order valence-corrected chi connectivity index (χ0v) is 16.5. The number of amides is 2. The summed E-state index contributed by atoms with van der Waals surface area (Å²) in [7, 11) is 0. The van der Waals surface area contributed by atoms with E-state index < -0.39 is 17.9 Å². The number of anilines is 1. The van der Waals surface area contributed by atoms with Gasteiger partial charge in [-0.3, -0.25) is 14.5 Å². The molecule has 1 atom stereocenters. The highest BCUT2D eigenvalue weighted by molar-refractivity contribution is 8.26. The molecule has 1 unspecified atom stereocenters. The molecule has 1 aromatic carbocycles. The molecule has 0 spiro atoms. The van der Waals surface area contributed by atoms with E-state index in [-0.39, 0.29) is 21.5 Å². The Labute approximate surface area is 168 Å². The van der Waals surface area contributed by atoms with Crippen LogP contribution in [0.25, 0.3) is 6.08 Å². The average Bonchev–Trinajstić information content (AvgIpc) is 3.23. The van der Waals surface area contributed by atoms with Gasteiger partial charge in [0, 0.05) is 4.88 Å². The van der Waals surface area contributed by atoms with E-state index in [1.807, 2.05) is 17.5 Å². The van der Waals surface area contributed by atoms with Crippen molar-refractivity contribution in [1.29, 1.82) is 0 Å². The van der Waals surface area contributed by atoms with Crippen molar-refractivity contribution in [1.82, 2.24) is 4.90 Å². The van der Waals surface area contributed by atoms with Crippen molar-refractivity contribution in [2.24, 2.45) is 0 Å². The Morgan fingerprint density at radius 3 is 2.67 bits per heavy atom. The average molecular weight is 419 g/mol. The molecule has 2 aromatic rings. The summed E-state index contributed by atoms with van der Waals surface area (Å²) in [6.07, 6.45) is 1.74. The monoisotopic (exact) mass is 418 g/mol. The second-order valence-electron chi connectivity index (χ2n) is 5.58. The number of rotatable bonds is 5. The fraction of sp³-hybridized carbons (Fsp3) is 0.111. The number of thiophene rings is 1. The van der Waals surface area contributed by atoms with Crippen LogP contribution in [0.1, 0.15) is 22.2 Å². The molecule has 2 amide bonds. The Balaban J connectivity index is 1.78. The maximum Gasteiger partial charge on any atom is 0.337 e. The number of carboxylic acids is 1. The maximum atomic E-state index is 12.7. The van der Waals surface area contributed by atoms with Crippen molar-refractivity contribution >= 4 is 69.2 Å². The molecule has 2 N–H and O–H groups in total. The Hall–Kier alpha value is -2.49. The molecule has 6 nitrogen and oxygen atoms in total. The third kappa shape index (κ3) is 4.10. The van der Waals surface area contributed by atoms with Crippen molar-refractivity contribution < 1.29 is 19.5 Å². The summed E-state index contributed by atoms with van der Waals surface area (Å²) in [5.41, 5.74) is 0.141. The van der Waals surface area contributed by atoms with Gasteiger partial charge in [-0.25, -0.2) is 4.79 Å². The van der Waals surface area contributed by atoms with E-state index >= 15 is 0 Å². The van der Waals surface area contributed by atoms with Gasteiger partial charge in [0.05, 0.1) is 16.2 Å². The van der Waals surface area contributed by atoms with Crippen LogP contribution in [-0.4, -0.2) is 38.2 Å². The second kappa shape index (κ2) is 8.03.